The fourth-order valence-corrected chi connectivity index (χ4v) is 9.04. The van der Waals surface area contributed by atoms with Crippen LogP contribution in [0.15, 0.2) is 91.1 Å². The molecular weight excluding hydrogens is 929 g/mol. The number of para-hydroxylation sites is 1. The number of nitrogens with one attached hydrogen (secondary N) is 6. The Labute approximate surface area is 417 Å². The van der Waals surface area contributed by atoms with Crippen LogP contribution in [-0.4, -0.2) is 140 Å². The largest absolute Gasteiger partial charge is 0.481 e. The highest BCUT2D eigenvalue weighted by Crippen LogP contribution is 2.26. The molecule has 0 saturated carbocycles. The summed E-state index contributed by atoms with van der Waals surface area (Å²) >= 11 is 0. The van der Waals surface area contributed by atoms with E-state index in [9.17, 15) is 48.6 Å². The van der Waals surface area contributed by atoms with E-state index < -0.39 is 120 Å². The first-order valence-electron chi connectivity index (χ1n) is 24.2. The minimum atomic E-state index is -1.86. The van der Waals surface area contributed by atoms with Crippen LogP contribution in [0.1, 0.15) is 76.5 Å². The Bertz CT molecular complexity index is 2610. The zero-order valence-corrected chi connectivity index (χ0v) is 41.0. The number of aliphatic hydroxyl groups excluding tert-OH is 1. The summed E-state index contributed by atoms with van der Waals surface area (Å²) in [6, 6.07) is 14.2. The summed E-state index contributed by atoms with van der Waals surface area (Å²) in [4.78, 5) is 133. The van der Waals surface area contributed by atoms with Crippen molar-refractivity contribution < 1.29 is 58.1 Å². The number of cyclic esters (lactones) is 1. The van der Waals surface area contributed by atoms with Crippen LogP contribution < -0.4 is 26.6 Å². The van der Waals surface area contributed by atoms with Gasteiger partial charge in [-0.3, -0.25) is 38.4 Å². The molecule has 7 amide bonds. The minimum Gasteiger partial charge on any atom is -0.481 e. The van der Waals surface area contributed by atoms with E-state index in [1.165, 1.54) is 18.9 Å². The highest BCUT2D eigenvalue weighted by Gasteiger charge is 2.46. The average Bonchev–Trinajstić information content (AvgIpc) is 3.76. The summed E-state index contributed by atoms with van der Waals surface area (Å²) in [5.41, 5.74) is 2.53. The normalized spacial score (nSPS) is 24.2. The quantitative estimate of drug-likeness (QED) is 0.0838. The Morgan fingerprint density at radius 1 is 0.778 bits per heavy atom. The maximum absolute atomic E-state index is 15.1. The van der Waals surface area contributed by atoms with E-state index >= 15 is 4.79 Å². The van der Waals surface area contributed by atoms with E-state index in [1.807, 2.05) is 0 Å². The lowest BCUT2D eigenvalue weighted by molar-refractivity contribution is -0.165. The van der Waals surface area contributed by atoms with Crippen LogP contribution in [-0.2, 0) is 67.2 Å². The Kier molecular flexibility index (Phi) is 18.3. The number of H-pyrrole nitrogens is 1. The first-order valence-corrected chi connectivity index (χ1v) is 24.2. The molecule has 6 rings (SSSR count). The maximum atomic E-state index is 15.1. The van der Waals surface area contributed by atoms with Gasteiger partial charge in [-0.25, -0.2) is 4.79 Å². The number of ether oxygens (including phenoxy) is 1. The lowest BCUT2D eigenvalue weighted by atomic mass is 9.95. The van der Waals surface area contributed by atoms with Crippen LogP contribution in [0, 0.1) is 5.92 Å². The maximum Gasteiger partial charge on any atom is 0.329 e. The molecule has 9 unspecified atom stereocenters. The molecule has 20 nitrogen and oxygen atoms in total. The Morgan fingerprint density at radius 3 is 2.03 bits per heavy atom. The molecule has 2 aliphatic heterocycles. The molecule has 384 valence electrons. The monoisotopic (exact) mass is 992 g/mol. The van der Waals surface area contributed by atoms with E-state index in [2.05, 4.69) is 31.6 Å². The summed E-state index contributed by atoms with van der Waals surface area (Å²) in [7, 11) is 1.39. The summed E-state index contributed by atoms with van der Waals surface area (Å²) in [5.74, 6) is -9.20. The van der Waals surface area contributed by atoms with Gasteiger partial charge in [-0.15, -0.1) is 0 Å². The van der Waals surface area contributed by atoms with Crippen molar-refractivity contribution in [2.75, 3.05) is 7.05 Å². The number of aromatic nitrogens is 1. The van der Waals surface area contributed by atoms with Crippen molar-refractivity contribution in [2.24, 2.45) is 5.92 Å². The zero-order valence-electron chi connectivity index (χ0n) is 41.0. The van der Waals surface area contributed by atoms with Crippen molar-refractivity contribution in [3.63, 3.8) is 0 Å². The number of benzene rings is 3. The predicted octanol–water partition coefficient (Wildman–Crippen LogP) is 1.63. The molecule has 0 spiro atoms. The second-order valence-corrected chi connectivity index (χ2v) is 18.7. The molecule has 72 heavy (non-hydrogen) atoms. The van der Waals surface area contributed by atoms with Crippen LogP contribution in [0.3, 0.4) is 0 Å². The number of carboxylic acid groups (broad SMARTS) is 1. The van der Waals surface area contributed by atoms with Crippen molar-refractivity contribution in [3.05, 3.63) is 108 Å². The third-order valence-corrected chi connectivity index (χ3v) is 13.0. The minimum absolute atomic E-state index is 0.0433. The van der Waals surface area contributed by atoms with Crippen LogP contribution in [0.5, 0.6) is 0 Å². The van der Waals surface area contributed by atoms with E-state index in [1.54, 1.807) is 112 Å². The van der Waals surface area contributed by atoms with Gasteiger partial charge in [0, 0.05) is 49.8 Å². The fourth-order valence-electron chi connectivity index (χ4n) is 9.04. The van der Waals surface area contributed by atoms with Crippen LogP contribution in [0.2, 0.25) is 0 Å². The van der Waals surface area contributed by atoms with Gasteiger partial charge in [0.2, 0.25) is 41.4 Å². The highest BCUT2D eigenvalue weighted by molar-refractivity contribution is 5.99. The predicted molar refractivity (Wildman–Crippen MR) is 262 cm³/mol. The number of aliphatic carboxylic acids is 1. The number of hydrogen-bond donors (Lipinski definition) is 8. The molecule has 9 atom stereocenters. The molecular formula is C52H64N8O12. The molecule has 0 radical (unpaired) electrons. The van der Waals surface area contributed by atoms with Gasteiger partial charge < -0.3 is 56.3 Å². The van der Waals surface area contributed by atoms with Crippen LogP contribution in [0.25, 0.3) is 10.9 Å². The standard InChI is InChI=1S/C52H64N8O12/c1-6-15-41(61)54-38(27-43(63)64)47(66)58-45-30(4)72-52(71)44(29(2)3)57-48(67)39(24-31-16-9-7-10-17-31)59(5)51(70)40(25-32-18-11-8-12-19-32)60-42(62)23-22-36(50(60)69)55-46(65)37(56-49(45)68)26-33-28-53-35-21-14-13-20-34(33)35/h7-14,16-21,28-30,36-40,42,44-45,53,62H,6,15,22-27H2,1-5H3,(H,54,61)(H,55,65)(H,56,68)(H,57,67)(H,58,66)(H,63,64). The SMILES string of the molecule is CCCC(=O)NC(CC(=O)O)C(=O)NC1C(=O)NC(Cc2c[nH]c3ccccc23)C(=O)NC2CCC(O)N(C2=O)C(Cc2ccccc2)C(=O)N(C)C(Cc2ccccc2)C(=O)NC(C(C)C)C(=O)OC1C. The van der Waals surface area contributed by atoms with Gasteiger partial charge in [0.1, 0.15) is 54.6 Å². The molecule has 3 heterocycles. The molecule has 3 aromatic carbocycles. The second kappa shape index (κ2) is 24.5. The zero-order chi connectivity index (χ0) is 52.2. The lowest BCUT2D eigenvalue weighted by Crippen LogP contribution is -2.65. The molecule has 8 N–H and O–H groups in total. The van der Waals surface area contributed by atoms with Gasteiger partial charge in [0.25, 0.3) is 0 Å². The summed E-state index contributed by atoms with van der Waals surface area (Å²) in [5, 5.41) is 35.1. The molecule has 2 bridgehead atoms. The fraction of sp³-hybridized carbons (Fsp3) is 0.442. The number of carbonyl (C=O) groups excluding carboxylic acids is 8. The van der Waals surface area contributed by atoms with E-state index in [0.717, 1.165) is 4.90 Å². The summed E-state index contributed by atoms with van der Waals surface area (Å²) in [6.45, 7) is 6.23. The first-order chi connectivity index (χ1) is 34.4. The first kappa shape index (κ1) is 53.7. The van der Waals surface area contributed by atoms with Gasteiger partial charge >= 0.3 is 11.9 Å². The van der Waals surface area contributed by atoms with Gasteiger partial charge in [0.15, 0.2) is 0 Å². The summed E-state index contributed by atoms with van der Waals surface area (Å²) < 4.78 is 5.90. The summed E-state index contributed by atoms with van der Waals surface area (Å²) in [6.07, 6.45) is -2.52. The van der Waals surface area contributed by atoms with Crippen molar-refractivity contribution >= 4 is 64.2 Å². The van der Waals surface area contributed by atoms with Gasteiger partial charge in [-0.2, -0.15) is 0 Å². The number of fused-ring (bicyclic) bond motifs is 3. The number of aromatic amines is 1. The van der Waals surface area contributed by atoms with Crippen molar-refractivity contribution in [1.29, 1.82) is 0 Å². The number of carbonyl (C=O) groups is 9. The molecule has 20 heteroatoms. The van der Waals surface area contributed by atoms with Crippen molar-refractivity contribution in [2.45, 2.75) is 134 Å². The van der Waals surface area contributed by atoms with Crippen molar-refractivity contribution in [3.8, 4) is 0 Å². The van der Waals surface area contributed by atoms with E-state index in [-0.39, 0.29) is 38.5 Å². The number of rotatable bonds is 14. The second-order valence-electron chi connectivity index (χ2n) is 18.7. The molecule has 2 fully saturated rings. The molecule has 0 aliphatic carbocycles. The number of likely N-dealkylation sites (N-methyl/N-ethyl adjacent to an activating group) is 1. The van der Waals surface area contributed by atoms with E-state index in [4.69, 9.17) is 4.74 Å². The van der Waals surface area contributed by atoms with E-state index in [0.29, 0.717) is 34.0 Å². The third kappa shape index (κ3) is 13.4. The lowest BCUT2D eigenvalue weighted by Gasteiger charge is -2.43. The Hall–Kier alpha value is -7.61. The molecule has 2 saturated heterocycles. The highest BCUT2D eigenvalue weighted by atomic mass is 16.5. The van der Waals surface area contributed by atoms with Gasteiger partial charge in [-0.1, -0.05) is 99.6 Å². The Morgan fingerprint density at radius 2 is 1.40 bits per heavy atom. The topological polar surface area (TPSA) is 286 Å². The van der Waals surface area contributed by atoms with Crippen molar-refractivity contribution in [1.82, 2.24) is 41.4 Å². The van der Waals surface area contributed by atoms with Gasteiger partial charge in [-0.05, 0) is 54.9 Å². The van der Waals surface area contributed by atoms with Crippen LogP contribution >= 0.6 is 0 Å². The number of carboxylic acids is 1. The number of nitrogens with zero attached hydrogens (tertiary/aromatic N) is 2. The smallest absolute Gasteiger partial charge is 0.329 e. The molecule has 1 aromatic heterocycles. The Balaban J connectivity index is 1.47. The number of hydrogen-bond acceptors (Lipinski definition) is 11. The molecule has 4 aromatic rings. The number of aliphatic hydroxyl groups is 1. The molecule has 2 aliphatic rings. The number of esters is 1. The third-order valence-electron chi connectivity index (χ3n) is 13.0. The number of amides is 7. The van der Waals surface area contributed by atoms with Crippen LogP contribution in [0.4, 0.5) is 0 Å². The average molecular weight is 993 g/mol. The number of piperidine rings is 1. The van der Waals surface area contributed by atoms with Gasteiger partial charge in [0.05, 0.1) is 6.42 Å².